The Hall–Kier alpha value is -1.82. The second-order valence-corrected chi connectivity index (χ2v) is 8.78. The van der Waals surface area contributed by atoms with E-state index in [1.807, 2.05) is 6.08 Å². The second-order valence-electron chi connectivity index (χ2n) is 8.78. The van der Waals surface area contributed by atoms with Crippen LogP contribution in [0.1, 0.15) is 106 Å². The van der Waals surface area contributed by atoms with E-state index in [9.17, 15) is 0 Å². The first-order chi connectivity index (χ1) is 14.1. The predicted molar refractivity (Wildman–Crippen MR) is 142 cm³/mol. The molecule has 30 heavy (non-hydrogen) atoms. The van der Waals surface area contributed by atoms with Crippen LogP contribution >= 0.6 is 0 Å². The molecule has 0 aromatic carbocycles. The van der Waals surface area contributed by atoms with Gasteiger partial charge in [-0.05, 0) is 99.3 Å². The van der Waals surface area contributed by atoms with Crippen LogP contribution in [0.2, 0.25) is 0 Å². The lowest BCUT2D eigenvalue weighted by atomic mass is 10.1. The van der Waals surface area contributed by atoms with Gasteiger partial charge in [0.1, 0.15) is 0 Å². The third kappa shape index (κ3) is 24.2. The summed E-state index contributed by atoms with van der Waals surface area (Å²) >= 11 is 0. The van der Waals surface area contributed by atoms with Crippen molar-refractivity contribution in [2.75, 3.05) is 0 Å². The fraction of sp³-hybridized carbons (Fsp3) is 0.533. The molecule has 0 radical (unpaired) electrons. The lowest BCUT2D eigenvalue weighted by Crippen LogP contribution is -1.81. The van der Waals surface area contributed by atoms with Crippen LogP contribution in [0.3, 0.4) is 0 Å². The van der Waals surface area contributed by atoms with Gasteiger partial charge in [-0.3, -0.25) is 0 Å². The van der Waals surface area contributed by atoms with E-state index in [2.05, 4.69) is 92.5 Å². The summed E-state index contributed by atoms with van der Waals surface area (Å²) in [5.74, 6) is 0. The number of allylic oxidation sites excluding steroid dienone is 11. The zero-order chi connectivity index (χ0) is 23.4. The molecule has 0 aromatic rings. The molecule has 0 heterocycles. The van der Waals surface area contributed by atoms with Crippen molar-refractivity contribution in [3.8, 4) is 0 Å². The monoisotopic (exact) mass is 410 g/mol. The van der Waals surface area contributed by atoms with Gasteiger partial charge in [0.25, 0.3) is 0 Å². The van der Waals surface area contributed by atoms with Gasteiger partial charge < -0.3 is 0 Å². The predicted octanol–water partition coefficient (Wildman–Crippen LogP) is 10.6. The van der Waals surface area contributed by atoms with Crippen LogP contribution in [0, 0.1) is 0 Å². The topological polar surface area (TPSA) is 0 Å². The summed E-state index contributed by atoms with van der Waals surface area (Å²) in [6.07, 6.45) is 21.4. The fourth-order valence-corrected chi connectivity index (χ4v) is 2.69. The summed E-state index contributed by atoms with van der Waals surface area (Å²) in [6, 6.07) is 0. The maximum Gasteiger partial charge on any atom is -0.0250 e. The van der Waals surface area contributed by atoms with Crippen LogP contribution in [0.5, 0.6) is 0 Å². The molecule has 0 saturated carbocycles. The summed E-state index contributed by atoms with van der Waals surface area (Å²) in [4.78, 5) is 0. The van der Waals surface area contributed by atoms with Gasteiger partial charge in [-0.2, -0.15) is 0 Å². The Kier molecular flexibility index (Phi) is 20.7. The van der Waals surface area contributed by atoms with Crippen molar-refractivity contribution in [2.24, 2.45) is 0 Å². The Morgan fingerprint density at radius 3 is 1.37 bits per heavy atom. The zero-order valence-electron chi connectivity index (χ0n) is 21.4. The quantitative estimate of drug-likeness (QED) is 0.197. The molecule has 0 spiro atoms. The largest absolute Gasteiger partial charge is 0.0999 e. The van der Waals surface area contributed by atoms with Gasteiger partial charge in [-0.25, -0.2) is 0 Å². The Bertz CT molecular complexity index is 608. The van der Waals surface area contributed by atoms with Gasteiger partial charge in [0.2, 0.25) is 0 Å². The van der Waals surface area contributed by atoms with Crippen LogP contribution in [0.15, 0.2) is 83.6 Å². The minimum absolute atomic E-state index is 1.03. The molecule has 0 aliphatic rings. The Morgan fingerprint density at radius 1 is 0.600 bits per heavy atom. The van der Waals surface area contributed by atoms with E-state index in [1.54, 1.807) is 0 Å². The third-order valence-electron chi connectivity index (χ3n) is 4.92. The molecule has 0 rings (SSSR count). The first-order valence-corrected chi connectivity index (χ1v) is 11.7. The van der Waals surface area contributed by atoms with Gasteiger partial charge in [0.05, 0.1) is 0 Å². The Morgan fingerprint density at radius 2 is 1.00 bits per heavy atom. The van der Waals surface area contributed by atoms with Gasteiger partial charge in [-0.15, -0.1) is 0 Å². The highest BCUT2D eigenvalue weighted by Gasteiger charge is 1.92. The highest BCUT2D eigenvalue weighted by atomic mass is 14.0. The molecule has 0 fully saturated rings. The smallest absolute Gasteiger partial charge is 0.0250 e. The van der Waals surface area contributed by atoms with Crippen molar-refractivity contribution in [3.05, 3.63) is 83.6 Å². The minimum atomic E-state index is 1.03. The van der Waals surface area contributed by atoms with Gasteiger partial charge in [-0.1, -0.05) is 90.5 Å². The first-order valence-electron chi connectivity index (χ1n) is 11.7. The lowest BCUT2D eigenvalue weighted by Gasteiger charge is -2.01. The van der Waals surface area contributed by atoms with Crippen molar-refractivity contribution in [2.45, 2.75) is 106 Å². The summed E-state index contributed by atoms with van der Waals surface area (Å²) in [5.41, 5.74) is 8.30. The van der Waals surface area contributed by atoms with Crippen LogP contribution in [-0.4, -0.2) is 0 Å². The maximum atomic E-state index is 4.02. The molecule has 0 aromatic heterocycles. The number of hydrogen-bond donors (Lipinski definition) is 0. The molecule has 0 N–H and O–H groups in total. The molecule has 0 nitrogen and oxygen atoms in total. The standard InChI is InChI=1S/C15H26.C15H24/c2*1-6-14(4)10-8-12-15(5)11-7-9-13(2)3/h9,12H,4,6-8,10-11H2,1-3,5H3;6,9,12H,1,4,7-8,10-11H2,2-3,5H3/b15-12+;. The number of rotatable bonds is 14. The maximum absolute atomic E-state index is 4.02. The Balaban J connectivity index is 0. The average Bonchev–Trinajstić information content (AvgIpc) is 2.67. The SMILES string of the molecule is C=C(CC)CC/C=C(\C)CCC=C(C)C.C=CC(=C)CCC=C(C)CCC=C(C)C. The first kappa shape index (κ1) is 30.4. The summed E-state index contributed by atoms with van der Waals surface area (Å²) in [7, 11) is 0. The van der Waals surface area contributed by atoms with Crippen molar-refractivity contribution in [1.82, 2.24) is 0 Å². The number of hydrogen-bond acceptors (Lipinski definition) is 0. The van der Waals surface area contributed by atoms with E-state index in [4.69, 9.17) is 0 Å². The molecule has 0 bridgehead atoms. The van der Waals surface area contributed by atoms with E-state index in [-0.39, 0.29) is 0 Å². The van der Waals surface area contributed by atoms with Crippen LogP contribution in [0.25, 0.3) is 0 Å². The minimum Gasteiger partial charge on any atom is -0.0999 e. The highest BCUT2D eigenvalue weighted by molar-refractivity contribution is 5.12. The summed E-state index contributed by atoms with van der Waals surface area (Å²) in [5, 5.41) is 0. The lowest BCUT2D eigenvalue weighted by molar-refractivity contribution is 0.889. The second kappa shape index (κ2) is 20.5. The van der Waals surface area contributed by atoms with Gasteiger partial charge >= 0.3 is 0 Å². The van der Waals surface area contributed by atoms with Gasteiger partial charge in [0, 0.05) is 0 Å². The van der Waals surface area contributed by atoms with Crippen molar-refractivity contribution in [1.29, 1.82) is 0 Å². The molecular weight excluding hydrogens is 360 g/mol. The molecule has 0 unspecified atom stereocenters. The van der Waals surface area contributed by atoms with E-state index in [0.717, 1.165) is 44.1 Å². The molecular formula is C30H50. The van der Waals surface area contributed by atoms with E-state index >= 15 is 0 Å². The molecule has 0 atom stereocenters. The van der Waals surface area contributed by atoms with Gasteiger partial charge in [0.15, 0.2) is 0 Å². The average molecular weight is 411 g/mol. The van der Waals surface area contributed by atoms with E-state index in [0.29, 0.717) is 0 Å². The van der Waals surface area contributed by atoms with Crippen molar-refractivity contribution in [3.63, 3.8) is 0 Å². The molecule has 170 valence electrons. The van der Waals surface area contributed by atoms with Crippen LogP contribution in [-0.2, 0) is 0 Å². The molecule has 0 saturated heterocycles. The Labute approximate surface area is 190 Å². The summed E-state index contributed by atoms with van der Waals surface area (Å²) in [6.45, 7) is 26.8. The highest BCUT2D eigenvalue weighted by Crippen LogP contribution is 2.12. The van der Waals surface area contributed by atoms with Crippen LogP contribution in [0.4, 0.5) is 0 Å². The molecule has 0 heteroatoms. The molecule has 0 aliphatic carbocycles. The fourth-order valence-electron chi connectivity index (χ4n) is 2.69. The zero-order valence-corrected chi connectivity index (χ0v) is 21.4. The molecule has 0 amide bonds. The summed E-state index contributed by atoms with van der Waals surface area (Å²) < 4.78 is 0. The molecule has 0 aliphatic heterocycles. The normalized spacial score (nSPS) is 11.2. The van der Waals surface area contributed by atoms with Crippen molar-refractivity contribution < 1.29 is 0 Å². The van der Waals surface area contributed by atoms with Crippen molar-refractivity contribution >= 4 is 0 Å². The third-order valence-corrected chi connectivity index (χ3v) is 4.92. The van der Waals surface area contributed by atoms with Crippen LogP contribution < -0.4 is 0 Å². The van der Waals surface area contributed by atoms with E-state index in [1.165, 1.54) is 47.1 Å². The van der Waals surface area contributed by atoms with E-state index < -0.39 is 0 Å².